The normalized spacial score (nSPS) is 36.2. The van der Waals surface area contributed by atoms with Crippen LogP contribution in [0.2, 0.25) is 0 Å². The van der Waals surface area contributed by atoms with Crippen LogP contribution in [0, 0.1) is 5.92 Å². The van der Waals surface area contributed by atoms with Crippen LogP contribution < -0.4 is 0 Å². The Morgan fingerprint density at radius 3 is 2.39 bits per heavy atom. The lowest BCUT2D eigenvalue weighted by molar-refractivity contribution is -0.163. The summed E-state index contributed by atoms with van der Waals surface area (Å²) in [6, 6.07) is 0. The SMILES string of the molecule is C=C[C@@](C)(O)[C@H]1OC(C)(C)O[C@@H]1C1CCCCC1. The van der Waals surface area contributed by atoms with E-state index in [1.165, 1.54) is 32.1 Å². The first-order chi connectivity index (χ1) is 8.36. The maximum atomic E-state index is 10.4. The molecule has 1 N–H and O–H groups in total. The molecule has 18 heavy (non-hydrogen) atoms. The summed E-state index contributed by atoms with van der Waals surface area (Å²) >= 11 is 0. The molecule has 1 aliphatic heterocycles. The highest BCUT2D eigenvalue weighted by Gasteiger charge is 2.51. The van der Waals surface area contributed by atoms with Gasteiger partial charge < -0.3 is 14.6 Å². The van der Waals surface area contributed by atoms with Crippen molar-refractivity contribution in [3.63, 3.8) is 0 Å². The second-order valence-electron chi connectivity index (χ2n) is 6.35. The third-order valence-corrected chi connectivity index (χ3v) is 4.23. The van der Waals surface area contributed by atoms with Crippen molar-refractivity contribution >= 4 is 0 Å². The van der Waals surface area contributed by atoms with Crippen LogP contribution in [0.4, 0.5) is 0 Å². The molecule has 0 aromatic carbocycles. The van der Waals surface area contributed by atoms with Gasteiger partial charge in [0.1, 0.15) is 11.7 Å². The molecule has 0 aromatic heterocycles. The van der Waals surface area contributed by atoms with Gasteiger partial charge in [0.15, 0.2) is 5.79 Å². The molecule has 2 rings (SSSR count). The summed E-state index contributed by atoms with van der Waals surface area (Å²) in [5.74, 6) is -0.114. The summed E-state index contributed by atoms with van der Waals surface area (Å²) in [7, 11) is 0. The Balaban J connectivity index is 2.17. The summed E-state index contributed by atoms with van der Waals surface area (Å²) in [5, 5.41) is 10.4. The molecule has 0 aromatic rings. The second-order valence-corrected chi connectivity index (χ2v) is 6.35. The summed E-state index contributed by atoms with van der Waals surface area (Å²) < 4.78 is 12.0. The van der Waals surface area contributed by atoms with Gasteiger partial charge in [-0.25, -0.2) is 0 Å². The lowest BCUT2D eigenvalue weighted by Gasteiger charge is -2.34. The van der Waals surface area contributed by atoms with Crippen LogP contribution in [0.15, 0.2) is 12.7 Å². The van der Waals surface area contributed by atoms with E-state index < -0.39 is 11.4 Å². The van der Waals surface area contributed by atoms with Gasteiger partial charge in [0.2, 0.25) is 0 Å². The van der Waals surface area contributed by atoms with Crippen molar-refractivity contribution in [2.45, 2.75) is 76.5 Å². The van der Waals surface area contributed by atoms with Crippen LogP contribution in [-0.4, -0.2) is 28.7 Å². The van der Waals surface area contributed by atoms with E-state index in [-0.39, 0.29) is 12.2 Å². The van der Waals surface area contributed by atoms with Crippen molar-refractivity contribution in [2.75, 3.05) is 0 Å². The van der Waals surface area contributed by atoms with Crippen molar-refractivity contribution in [2.24, 2.45) is 5.92 Å². The summed E-state index contributed by atoms with van der Waals surface area (Å²) in [6.07, 6.45) is 7.42. The molecule has 104 valence electrons. The zero-order valence-electron chi connectivity index (χ0n) is 11.8. The Hall–Kier alpha value is -0.380. The van der Waals surface area contributed by atoms with E-state index in [0.717, 1.165) is 0 Å². The van der Waals surface area contributed by atoms with E-state index in [4.69, 9.17) is 9.47 Å². The molecule has 3 atom stereocenters. The first-order valence-electron chi connectivity index (χ1n) is 7.07. The van der Waals surface area contributed by atoms with Gasteiger partial charge in [-0.05, 0) is 39.5 Å². The fraction of sp³-hybridized carbons (Fsp3) is 0.867. The van der Waals surface area contributed by atoms with Gasteiger partial charge in [0.25, 0.3) is 0 Å². The molecular weight excluding hydrogens is 228 g/mol. The first-order valence-corrected chi connectivity index (χ1v) is 7.07. The quantitative estimate of drug-likeness (QED) is 0.787. The number of aliphatic hydroxyl groups is 1. The molecule has 1 saturated heterocycles. The lowest BCUT2D eigenvalue weighted by Crippen LogP contribution is -2.47. The molecule has 1 heterocycles. The number of hydrogen-bond donors (Lipinski definition) is 1. The fourth-order valence-electron chi connectivity index (χ4n) is 3.16. The van der Waals surface area contributed by atoms with Crippen molar-refractivity contribution in [3.8, 4) is 0 Å². The van der Waals surface area contributed by atoms with Crippen LogP contribution in [0.25, 0.3) is 0 Å². The minimum Gasteiger partial charge on any atom is -0.383 e. The first kappa shape index (κ1) is 14.0. The zero-order valence-corrected chi connectivity index (χ0v) is 11.8. The Labute approximate surface area is 110 Å². The van der Waals surface area contributed by atoms with Gasteiger partial charge in [-0.2, -0.15) is 0 Å². The maximum Gasteiger partial charge on any atom is 0.163 e. The average molecular weight is 254 g/mol. The summed E-state index contributed by atoms with van der Waals surface area (Å²) in [6.45, 7) is 9.31. The highest BCUT2D eigenvalue weighted by atomic mass is 16.8. The summed E-state index contributed by atoms with van der Waals surface area (Å²) in [5.41, 5.74) is -1.03. The Morgan fingerprint density at radius 2 is 1.83 bits per heavy atom. The molecule has 0 amide bonds. The molecule has 2 aliphatic rings. The largest absolute Gasteiger partial charge is 0.383 e. The molecule has 0 spiro atoms. The van der Waals surface area contributed by atoms with Gasteiger partial charge in [-0.15, -0.1) is 6.58 Å². The Bertz CT molecular complexity index is 303. The van der Waals surface area contributed by atoms with Crippen LogP contribution in [0.1, 0.15) is 52.9 Å². The standard InChI is InChI=1S/C15H26O3/c1-5-15(4,16)13-12(17-14(2,3)18-13)11-9-7-6-8-10-11/h5,11-13,16H,1,6-10H2,2-4H3/t12-,13+,15-/m1/s1. The fourth-order valence-corrected chi connectivity index (χ4v) is 3.16. The molecule has 0 radical (unpaired) electrons. The third-order valence-electron chi connectivity index (χ3n) is 4.23. The minimum atomic E-state index is -1.03. The maximum absolute atomic E-state index is 10.4. The number of rotatable bonds is 3. The van der Waals surface area contributed by atoms with E-state index in [2.05, 4.69) is 6.58 Å². The molecule has 2 fully saturated rings. The van der Waals surface area contributed by atoms with Gasteiger partial charge in [0, 0.05) is 0 Å². The highest BCUT2D eigenvalue weighted by Crippen LogP contribution is 2.41. The smallest absolute Gasteiger partial charge is 0.163 e. The van der Waals surface area contributed by atoms with Crippen molar-refractivity contribution in [1.29, 1.82) is 0 Å². The second kappa shape index (κ2) is 4.95. The number of hydrogen-bond acceptors (Lipinski definition) is 3. The van der Waals surface area contributed by atoms with Gasteiger partial charge in [-0.3, -0.25) is 0 Å². The predicted octanol–water partition coefficient (Wildman–Crippen LogP) is 3.02. The Kier molecular flexibility index (Phi) is 3.86. The van der Waals surface area contributed by atoms with E-state index in [1.54, 1.807) is 13.0 Å². The molecule has 1 aliphatic carbocycles. The molecule has 1 saturated carbocycles. The Morgan fingerprint density at radius 1 is 1.22 bits per heavy atom. The van der Waals surface area contributed by atoms with E-state index in [1.807, 2.05) is 13.8 Å². The minimum absolute atomic E-state index is 0.0201. The highest BCUT2D eigenvalue weighted by molar-refractivity contribution is 5.05. The third kappa shape index (κ3) is 2.79. The van der Waals surface area contributed by atoms with Gasteiger partial charge in [-0.1, -0.05) is 25.3 Å². The van der Waals surface area contributed by atoms with Crippen LogP contribution >= 0.6 is 0 Å². The molecule has 0 bridgehead atoms. The zero-order chi connectivity index (χ0) is 13.4. The number of ether oxygens (including phenoxy) is 2. The van der Waals surface area contributed by atoms with Gasteiger partial charge >= 0.3 is 0 Å². The lowest BCUT2D eigenvalue weighted by atomic mass is 9.80. The monoisotopic (exact) mass is 254 g/mol. The van der Waals surface area contributed by atoms with Crippen molar-refractivity contribution < 1.29 is 14.6 Å². The molecule has 3 heteroatoms. The predicted molar refractivity (Wildman–Crippen MR) is 71.2 cm³/mol. The molecular formula is C15H26O3. The van der Waals surface area contributed by atoms with E-state index in [9.17, 15) is 5.11 Å². The summed E-state index contributed by atoms with van der Waals surface area (Å²) in [4.78, 5) is 0. The van der Waals surface area contributed by atoms with Crippen LogP contribution in [-0.2, 0) is 9.47 Å². The molecule has 3 nitrogen and oxygen atoms in total. The van der Waals surface area contributed by atoms with E-state index >= 15 is 0 Å². The molecule has 0 unspecified atom stereocenters. The van der Waals surface area contributed by atoms with Crippen LogP contribution in [0.5, 0.6) is 0 Å². The van der Waals surface area contributed by atoms with Gasteiger partial charge in [0.05, 0.1) is 6.10 Å². The van der Waals surface area contributed by atoms with Crippen molar-refractivity contribution in [3.05, 3.63) is 12.7 Å². The average Bonchev–Trinajstić information content (AvgIpc) is 2.67. The van der Waals surface area contributed by atoms with Crippen LogP contribution in [0.3, 0.4) is 0 Å². The van der Waals surface area contributed by atoms with E-state index in [0.29, 0.717) is 5.92 Å². The topological polar surface area (TPSA) is 38.7 Å². The van der Waals surface area contributed by atoms with Crippen molar-refractivity contribution in [1.82, 2.24) is 0 Å².